The summed E-state index contributed by atoms with van der Waals surface area (Å²) >= 11 is 0. The standard InChI is InChI=1S/C16H33NO4/c17-11-13-20-14-15-21-16(19)10-8-6-4-2-1-3-5-7-9-12-18/h18H,1-15,17H2. The lowest BCUT2D eigenvalue weighted by Crippen LogP contribution is -2.14. The van der Waals surface area contributed by atoms with Crippen LogP contribution in [0.5, 0.6) is 0 Å². The van der Waals surface area contributed by atoms with Crippen LogP contribution in [0.4, 0.5) is 0 Å². The van der Waals surface area contributed by atoms with Crippen molar-refractivity contribution in [2.45, 2.75) is 64.2 Å². The minimum Gasteiger partial charge on any atom is -0.463 e. The summed E-state index contributed by atoms with van der Waals surface area (Å²) in [4.78, 5) is 11.4. The predicted octanol–water partition coefficient (Wildman–Crippen LogP) is 2.40. The van der Waals surface area contributed by atoms with Crippen molar-refractivity contribution >= 4 is 5.97 Å². The fourth-order valence-electron chi connectivity index (χ4n) is 2.09. The molecule has 0 saturated heterocycles. The van der Waals surface area contributed by atoms with Gasteiger partial charge in [-0.05, 0) is 12.8 Å². The third kappa shape index (κ3) is 17.3. The first-order valence-corrected chi connectivity index (χ1v) is 8.35. The fourth-order valence-corrected chi connectivity index (χ4v) is 2.09. The maximum absolute atomic E-state index is 11.4. The molecule has 3 N–H and O–H groups in total. The molecule has 0 rings (SSSR count). The largest absolute Gasteiger partial charge is 0.463 e. The zero-order valence-corrected chi connectivity index (χ0v) is 13.4. The van der Waals surface area contributed by atoms with Gasteiger partial charge < -0.3 is 20.3 Å². The summed E-state index contributed by atoms with van der Waals surface area (Å²) in [5.41, 5.74) is 5.27. The van der Waals surface area contributed by atoms with Gasteiger partial charge in [0.2, 0.25) is 0 Å². The van der Waals surface area contributed by atoms with E-state index >= 15 is 0 Å². The number of unbranched alkanes of at least 4 members (excludes halogenated alkanes) is 8. The molecule has 0 radical (unpaired) electrons. The maximum Gasteiger partial charge on any atom is 0.305 e. The van der Waals surface area contributed by atoms with E-state index in [1.54, 1.807) is 0 Å². The second-order valence-corrected chi connectivity index (χ2v) is 5.28. The van der Waals surface area contributed by atoms with Crippen LogP contribution in [-0.2, 0) is 14.3 Å². The third-order valence-corrected chi connectivity index (χ3v) is 3.29. The van der Waals surface area contributed by atoms with Crippen LogP contribution in [0, 0.1) is 0 Å². The molecule has 5 heteroatoms. The summed E-state index contributed by atoms with van der Waals surface area (Å²) < 4.78 is 10.2. The first-order chi connectivity index (χ1) is 10.3. The first kappa shape index (κ1) is 20.3. The Morgan fingerprint density at radius 1 is 0.810 bits per heavy atom. The SMILES string of the molecule is NCCOCCOC(=O)CCCCCCCCCCCO. The van der Waals surface area contributed by atoms with E-state index in [1.807, 2.05) is 0 Å². The second kappa shape index (κ2) is 17.4. The maximum atomic E-state index is 11.4. The lowest BCUT2D eigenvalue weighted by Gasteiger charge is -2.05. The Morgan fingerprint density at radius 2 is 1.38 bits per heavy atom. The Bertz CT molecular complexity index is 224. The average molecular weight is 303 g/mol. The fraction of sp³-hybridized carbons (Fsp3) is 0.938. The van der Waals surface area contributed by atoms with Crippen LogP contribution in [0.2, 0.25) is 0 Å². The molecule has 0 fully saturated rings. The molecule has 0 aliphatic heterocycles. The number of aliphatic hydroxyl groups is 1. The van der Waals surface area contributed by atoms with Gasteiger partial charge in [0.05, 0.1) is 13.2 Å². The van der Waals surface area contributed by atoms with Crippen molar-refractivity contribution in [3.05, 3.63) is 0 Å². The topological polar surface area (TPSA) is 81.8 Å². The summed E-state index contributed by atoms with van der Waals surface area (Å²) in [6.07, 6.45) is 10.7. The number of hydrogen-bond acceptors (Lipinski definition) is 5. The molecule has 126 valence electrons. The number of ether oxygens (including phenoxy) is 2. The highest BCUT2D eigenvalue weighted by Crippen LogP contribution is 2.10. The number of rotatable bonds is 16. The lowest BCUT2D eigenvalue weighted by molar-refractivity contribution is -0.145. The normalized spacial score (nSPS) is 10.8. The van der Waals surface area contributed by atoms with Crippen LogP contribution in [0.3, 0.4) is 0 Å². The van der Waals surface area contributed by atoms with Crippen molar-refractivity contribution in [3.63, 3.8) is 0 Å². The van der Waals surface area contributed by atoms with Crippen molar-refractivity contribution in [2.75, 3.05) is 33.0 Å². The molecule has 0 aromatic rings. The summed E-state index contributed by atoms with van der Waals surface area (Å²) in [5, 5.41) is 8.65. The lowest BCUT2D eigenvalue weighted by atomic mass is 10.1. The minimum absolute atomic E-state index is 0.129. The molecule has 0 aromatic heterocycles. The molecule has 0 heterocycles. The van der Waals surface area contributed by atoms with E-state index in [1.165, 1.54) is 32.1 Å². The Balaban J connectivity index is 3.11. The van der Waals surface area contributed by atoms with Gasteiger partial charge in [-0.2, -0.15) is 0 Å². The van der Waals surface area contributed by atoms with Gasteiger partial charge in [-0.3, -0.25) is 4.79 Å². The monoisotopic (exact) mass is 303 g/mol. The number of carbonyl (C=O) groups excluding carboxylic acids is 1. The predicted molar refractivity (Wildman–Crippen MR) is 84.1 cm³/mol. The Morgan fingerprint density at radius 3 is 1.95 bits per heavy atom. The van der Waals surface area contributed by atoms with Gasteiger partial charge in [0, 0.05) is 19.6 Å². The summed E-state index contributed by atoms with van der Waals surface area (Å²) in [7, 11) is 0. The van der Waals surface area contributed by atoms with Gasteiger partial charge in [-0.25, -0.2) is 0 Å². The molecule has 0 amide bonds. The number of carbonyl (C=O) groups is 1. The van der Waals surface area contributed by atoms with E-state index < -0.39 is 0 Å². The van der Waals surface area contributed by atoms with Gasteiger partial charge in [-0.15, -0.1) is 0 Å². The number of hydrogen-bond donors (Lipinski definition) is 2. The molecule has 0 aliphatic carbocycles. The van der Waals surface area contributed by atoms with Crippen LogP contribution in [0.25, 0.3) is 0 Å². The van der Waals surface area contributed by atoms with Crippen LogP contribution in [-0.4, -0.2) is 44.0 Å². The molecular weight excluding hydrogens is 270 g/mol. The zero-order chi connectivity index (χ0) is 15.6. The van der Waals surface area contributed by atoms with Crippen LogP contribution < -0.4 is 5.73 Å². The molecule has 0 unspecified atom stereocenters. The van der Waals surface area contributed by atoms with E-state index in [9.17, 15) is 4.79 Å². The molecule has 0 atom stereocenters. The smallest absolute Gasteiger partial charge is 0.305 e. The van der Waals surface area contributed by atoms with Gasteiger partial charge >= 0.3 is 5.97 Å². The molecule has 0 bridgehead atoms. The number of esters is 1. The Kier molecular flexibility index (Phi) is 16.9. The van der Waals surface area contributed by atoms with Crippen molar-refractivity contribution in [1.82, 2.24) is 0 Å². The molecule has 0 aliphatic rings. The Labute approximate surface area is 129 Å². The average Bonchev–Trinajstić information content (AvgIpc) is 2.49. The number of aliphatic hydroxyl groups excluding tert-OH is 1. The highest BCUT2D eigenvalue weighted by molar-refractivity contribution is 5.69. The van der Waals surface area contributed by atoms with Crippen molar-refractivity contribution < 1.29 is 19.4 Å². The van der Waals surface area contributed by atoms with E-state index in [-0.39, 0.29) is 5.97 Å². The molecule has 5 nitrogen and oxygen atoms in total. The second-order valence-electron chi connectivity index (χ2n) is 5.28. The van der Waals surface area contributed by atoms with Crippen molar-refractivity contribution in [3.8, 4) is 0 Å². The van der Waals surface area contributed by atoms with Gasteiger partial charge in [0.25, 0.3) is 0 Å². The van der Waals surface area contributed by atoms with E-state index in [0.717, 1.165) is 25.7 Å². The molecule has 21 heavy (non-hydrogen) atoms. The Hall–Kier alpha value is -0.650. The minimum atomic E-state index is -0.129. The first-order valence-electron chi connectivity index (χ1n) is 8.35. The highest BCUT2D eigenvalue weighted by Gasteiger charge is 2.02. The molecular formula is C16H33NO4. The third-order valence-electron chi connectivity index (χ3n) is 3.29. The highest BCUT2D eigenvalue weighted by atomic mass is 16.6. The summed E-state index contributed by atoms with van der Waals surface area (Å²) in [6, 6.07) is 0. The quantitative estimate of drug-likeness (QED) is 0.338. The van der Waals surface area contributed by atoms with Crippen molar-refractivity contribution in [1.29, 1.82) is 0 Å². The summed E-state index contributed by atoms with van der Waals surface area (Å²) in [6.45, 7) is 2.08. The molecule has 0 saturated carbocycles. The van der Waals surface area contributed by atoms with E-state index in [4.69, 9.17) is 20.3 Å². The molecule has 0 aromatic carbocycles. The van der Waals surface area contributed by atoms with Gasteiger partial charge in [0.1, 0.15) is 6.61 Å². The zero-order valence-electron chi connectivity index (χ0n) is 13.4. The van der Waals surface area contributed by atoms with Crippen LogP contribution in [0.15, 0.2) is 0 Å². The summed E-state index contributed by atoms with van der Waals surface area (Å²) in [5.74, 6) is -0.129. The number of nitrogens with two attached hydrogens (primary N) is 1. The van der Waals surface area contributed by atoms with Crippen LogP contribution in [0.1, 0.15) is 64.2 Å². The molecule has 0 spiro atoms. The van der Waals surface area contributed by atoms with E-state index in [0.29, 0.717) is 39.4 Å². The van der Waals surface area contributed by atoms with Gasteiger partial charge in [0.15, 0.2) is 0 Å². The van der Waals surface area contributed by atoms with Crippen LogP contribution >= 0.6 is 0 Å². The van der Waals surface area contributed by atoms with Crippen molar-refractivity contribution in [2.24, 2.45) is 5.73 Å². The van der Waals surface area contributed by atoms with Gasteiger partial charge in [-0.1, -0.05) is 44.9 Å². The van der Waals surface area contributed by atoms with E-state index in [2.05, 4.69) is 0 Å².